The lowest BCUT2D eigenvalue weighted by molar-refractivity contribution is 0.112. The lowest BCUT2D eigenvalue weighted by atomic mass is 10.2. The molecule has 0 aliphatic carbocycles. The standard InChI is InChI=1S/C11H10N6O2/c12-9-8(10(19)15-11(13)14-9)17-16-7-3-1-6(5-18)2-4-7/h1-5H,(H5,12,13,14,15,19). The Balaban J connectivity index is 2.29. The molecule has 1 heterocycles. The van der Waals surface area contributed by atoms with Gasteiger partial charge in [0.25, 0.3) is 0 Å². The van der Waals surface area contributed by atoms with E-state index in [4.69, 9.17) is 11.5 Å². The van der Waals surface area contributed by atoms with Gasteiger partial charge in [0.2, 0.25) is 11.8 Å². The highest BCUT2D eigenvalue weighted by molar-refractivity contribution is 5.75. The van der Waals surface area contributed by atoms with E-state index < -0.39 is 5.88 Å². The van der Waals surface area contributed by atoms with Gasteiger partial charge in [-0.15, -0.1) is 5.11 Å². The van der Waals surface area contributed by atoms with Gasteiger partial charge < -0.3 is 16.6 Å². The van der Waals surface area contributed by atoms with Crippen molar-refractivity contribution in [3.63, 3.8) is 0 Å². The van der Waals surface area contributed by atoms with E-state index in [1.165, 1.54) is 0 Å². The van der Waals surface area contributed by atoms with Crippen molar-refractivity contribution in [1.29, 1.82) is 0 Å². The van der Waals surface area contributed by atoms with Gasteiger partial charge in [0.15, 0.2) is 11.5 Å². The molecule has 1 aromatic heterocycles. The number of hydrogen-bond acceptors (Lipinski definition) is 8. The van der Waals surface area contributed by atoms with E-state index >= 15 is 0 Å². The third-order valence-corrected chi connectivity index (χ3v) is 2.20. The molecule has 0 atom stereocenters. The normalized spacial score (nSPS) is 10.7. The minimum atomic E-state index is -0.446. The summed E-state index contributed by atoms with van der Waals surface area (Å²) in [6.07, 6.45) is 0.721. The van der Waals surface area contributed by atoms with Crippen LogP contribution in [0.5, 0.6) is 5.88 Å². The SMILES string of the molecule is Nc1nc(N)c(N=Nc2ccc(C=O)cc2)c(O)n1. The number of carbonyl (C=O) groups is 1. The second-order valence-corrected chi connectivity index (χ2v) is 3.55. The Kier molecular flexibility index (Phi) is 3.33. The van der Waals surface area contributed by atoms with Gasteiger partial charge in [-0.05, 0) is 24.3 Å². The lowest BCUT2D eigenvalue weighted by Crippen LogP contribution is -1.99. The van der Waals surface area contributed by atoms with Crippen molar-refractivity contribution in [1.82, 2.24) is 9.97 Å². The summed E-state index contributed by atoms with van der Waals surface area (Å²) in [6, 6.07) is 6.37. The Morgan fingerprint density at radius 1 is 1.11 bits per heavy atom. The molecule has 0 amide bonds. The Morgan fingerprint density at radius 2 is 1.79 bits per heavy atom. The third-order valence-electron chi connectivity index (χ3n) is 2.20. The van der Waals surface area contributed by atoms with Crippen LogP contribution in [0.2, 0.25) is 0 Å². The summed E-state index contributed by atoms with van der Waals surface area (Å²) >= 11 is 0. The van der Waals surface area contributed by atoms with E-state index in [-0.39, 0.29) is 17.5 Å². The number of azo groups is 1. The molecule has 0 aliphatic heterocycles. The monoisotopic (exact) mass is 258 g/mol. The van der Waals surface area contributed by atoms with E-state index in [1.807, 2.05) is 0 Å². The molecule has 0 aliphatic rings. The van der Waals surface area contributed by atoms with Crippen LogP contribution in [-0.2, 0) is 0 Å². The largest absolute Gasteiger partial charge is 0.492 e. The van der Waals surface area contributed by atoms with Crippen LogP contribution in [0.4, 0.5) is 23.1 Å². The van der Waals surface area contributed by atoms with Crippen LogP contribution in [-0.4, -0.2) is 21.4 Å². The minimum Gasteiger partial charge on any atom is -0.492 e. The molecule has 0 unspecified atom stereocenters. The van der Waals surface area contributed by atoms with Crippen molar-refractivity contribution in [3.05, 3.63) is 29.8 Å². The number of nitrogens with two attached hydrogens (primary N) is 2. The van der Waals surface area contributed by atoms with Gasteiger partial charge in [-0.3, -0.25) is 4.79 Å². The van der Waals surface area contributed by atoms with E-state index in [9.17, 15) is 9.90 Å². The number of hydrogen-bond donors (Lipinski definition) is 3. The minimum absolute atomic E-state index is 0.0614. The molecule has 96 valence electrons. The lowest BCUT2D eigenvalue weighted by Gasteiger charge is -2.01. The van der Waals surface area contributed by atoms with Gasteiger partial charge in [-0.1, -0.05) is 0 Å². The fraction of sp³-hybridized carbons (Fsp3) is 0. The second-order valence-electron chi connectivity index (χ2n) is 3.55. The van der Waals surface area contributed by atoms with Crippen LogP contribution >= 0.6 is 0 Å². The van der Waals surface area contributed by atoms with Gasteiger partial charge in [-0.2, -0.15) is 15.1 Å². The molecule has 2 aromatic rings. The van der Waals surface area contributed by atoms with Crippen LogP contribution in [0.1, 0.15) is 10.4 Å². The van der Waals surface area contributed by atoms with Gasteiger partial charge in [0.1, 0.15) is 6.29 Å². The number of aromatic hydroxyl groups is 1. The van der Waals surface area contributed by atoms with Crippen molar-refractivity contribution in [3.8, 4) is 5.88 Å². The number of aromatic nitrogens is 2. The van der Waals surface area contributed by atoms with E-state index in [2.05, 4.69) is 20.2 Å². The average Bonchev–Trinajstić information content (AvgIpc) is 2.38. The summed E-state index contributed by atoms with van der Waals surface area (Å²) in [5.41, 5.74) is 11.8. The predicted molar refractivity (Wildman–Crippen MR) is 68.5 cm³/mol. The molecule has 0 bridgehead atoms. The fourth-order valence-electron chi connectivity index (χ4n) is 1.30. The first-order valence-electron chi connectivity index (χ1n) is 5.19. The maximum absolute atomic E-state index is 10.5. The highest BCUT2D eigenvalue weighted by atomic mass is 16.3. The Bertz CT molecular complexity index is 615. The third kappa shape index (κ3) is 2.80. The highest BCUT2D eigenvalue weighted by Gasteiger charge is 2.09. The molecule has 1 aromatic carbocycles. The van der Waals surface area contributed by atoms with E-state index in [1.54, 1.807) is 24.3 Å². The summed E-state index contributed by atoms with van der Waals surface area (Å²) in [4.78, 5) is 17.7. The van der Waals surface area contributed by atoms with Crippen LogP contribution in [0.3, 0.4) is 0 Å². The summed E-state index contributed by atoms with van der Waals surface area (Å²) in [5, 5.41) is 17.1. The first-order chi connectivity index (χ1) is 9.10. The van der Waals surface area contributed by atoms with E-state index in [0.717, 1.165) is 6.29 Å². The van der Waals surface area contributed by atoms with Crippen LogP contribution in [0.15, 0.2) is 34.5 Å². The molecular formula is C11H10N6O2. The Labute approximate surface area is 107 Å². The van der Waals surface area contributed by atoms with Crippen molar-refractivity contribution in [2.24, 2.45) is 10.2 Å². The molecule has 0 radical (unpaired) electrons. The molecule has 0 saturated heterocycles. The number of nitrogen functional groups attached to an aromatic ring is 2. The smallest absolute Gasteiger partial charge is 0.246 e. The first kappa shape index (κ1) is 12.4. The van der Waals surface area contributed by atoms with Crippen molar-refractivity contribution >= 4 is 29.4 Å². The molecule has 5 N–H and O–H groups in total. The van der Waals surface area contributed by atoms with Crippen molar-refractivity contribution in [2.75, 3.05) is 11.5 Å². The summed E-state index contributed by atoms with van der Waals surface area (Å²) in [6.45, 7) is 0. The van der Waals surface area contributed by atoms with Gasteiger partial charge in [-0.25, -0.2) is 0 Å². The number of nitrogens with zero attached hydrogens (tertiary/aromatic N) is 4. The number of aldehydes is 1. The Morgan fingerprint density at radius 3 is 2.37 bits per heavy atom. The molecule has 2 rings (SSSR count). The van der Waals surface area contributed by atoms with Crippen LogP contribution in [0.25, 0.3) is 0 Å². The van der Waals surface area contributed by atoms with Crippen molar-refractivity contribution < 1.29 is 9.90 Å². The molecule has 0 saturated carbocycles. The van der Waals surface area contributed by atoms with Crippen molar-refractivity contribution in [2.45, 2.75) is 0 Å². The zero-order valence-corrected chi connectivity index (χ0v) is 9.69. The number of rotatable bonds is 3. The van der Waals surface area contributed by atoms with Crippen LogP contribution < -0.4 is 11.5 Å². The van der Waals surface area contributed by atoms with Gasteiger partial charge in [0, 0.05) is 5.56 Å². The molecule has 8 heteroatoms. The summed E-state index contributed by atoms with van der Waals surface area (Å²) in [5.74, 6) is -0.666. The number of anilines is 2. The summed E-state index contributed by atoms with van der Waals surface area (Å²) < 4.78 is 0. The Hall–Kier alpha value is -3.03. The second kappa shape index (κ2) is 5.08. The number of carbonyl (C=O) groups excluding carboxylic acids is 1. The molecule has 0 spiro atoms. The number of benzene rings is 1. The fourth-order valence-corrected chi connectivity index (χ4v) is 1.30. The summed E-state index contributed by atoms with van der Waals surface area (Å²) in [7, 11) is 0. The van der Waals surface area contributed by atoms with Gasteiger partial charge >= 0.3 is 0 Å². The van der Waals surface area contributed by atoms with Gasteiger partial charge in [0.05, 0.1) is 5.69 Å². The highest BCUT2D eigenvalue weighted by Crippen LogP contribution is 2.31. The van der Waals surface area contributed by atoms with Crippen LogP contribution in [0, 0.1) is 0 Å². The quantitative estimate of drug-likeness (QED) is 0.563. The molecule has 19 heavy (non-hydrogen) atoms. The zero-order valence-electron chi connectivity index (χ0n) is 9.69. The maximum atomic E-state index is 10.5. The van der Waals surface area contributed by atoms with E-state index in [0.29, 0.717) is 11.3 Å². The zero-order chi connectivity index (χ0) is 13.8. The molecular weight excluding hydrogens is 248 g/mol. The average molecular weight is 258 g/mol. The topological polar surface area (TPSA) is 140 Å². The molecule has 8 nitrogen and oxygen atoms in total. The maximum Gasteiger partial charge on any atom is 0.246 e. The first-order valence-corrected chi connectivity index (χ1v) is 5.19. The molecule has 0 fully saturated rings. The predicted octanol–water partition coefficient (Wildman–Crippen LogP) is 1.57.